The summed E-state index contributed by atoms with van der Waals surface area (Å²) in [5.41, 5.74) is -0.0247. The van der Waals surface area contributed by atoms with Crippen molar-refractivity contribution in [2.24, 2.45) is 0 Å². The molecule has 0 atom stereocenters. The van der Waals surface area contributed by atoms with Crippen LogP contribution in [0, 0.1) is 10.1 Å². The van der Waals surface area contributed by atoms with Gasteiger partial charge in [-0.05, 0) is 26.8 Å². The number of hydrogen-bond acceptors (Lipinski definition) is 6. The van der Waals surface area contributed by atoms with Crippen LogP contribution in [0.4, 0.5) is 10.5 Å². The van der Waals surface area contributed by atoms with E-state index in [-0.39, 0.29) is 10.9 Å². The average molecular weight is 295 g/mol. The lowest BCUT2D eigenvalue weighted by Gasteiger charge is -2.18. The number of amides is 1. The number of hydrogen-bond donors (Lipinski definition) is 1. The third-order valence-electron chi connectivity index (χ3n) is 2.22. The summed E-state index contributed by atoms with van der Waals surface area (Å²) in [4.78, 5) is 25.8. The minimum atomic E-state index is -0.606. The van der Waals surface area contributed by atoms with E-state index in [0.717, 1.165) is 11.3 Å². The molecule has 1 amide bonds. The molecule has 0 aliphatic carbocycles. The lowest BCUT2D eigenvalue weighted by atomic mass is 10.1. The zero-order chi connectivity index (χ0) is 14.9. The van der Waals surface area contributed by atoms with Gasteiger partial charge in [0.1, 0.15) is 0 Å². The Balaban J connectivity index is 2.20. The summed E-state index contributed by atoms with van der Waals surface area (Å²) in [6.45, 7) is 5.49. The molecule has 0 unspecified atom stereocenters. The zero-order valence-electron chi connectivity index (χ0n) is 11.2. The standard InChI is InChI=1S/C12H13N3O4S/c1-12(2,3)14-10(16)19-11-13-8-6-7(15(17)18)4-5-9(8)20-11/h4-6H,1-3H3,(H,14,16). The highest BCUT2D eigenvalue weighted by Gasteiger charge is 2.17. The number of thiazole rings is 1. The van der Waals surface area contributed by atoms with Gasteiger partial charge >= 0.3 is 6.09 Å². The van der Waals surface area contributed by atoms with E-state index in [9.17, 15) is 14.9 Å². The quantitative estimate of drug-likeness (QED) is 0.678. The number of carbonyl (C=O) groups is 1. The first-order chi connectivity index (χ1) is 9.24. The van der Waals surface area contributed by atoms with E-state index in [4.69, 9.17) is 4.74 Å². The Bertz CT molecular complexity index is 675. The highest BCUT2D eigenvalue weighted by atomic mass is 32.1. The fourth-order valence-corrected chi connectivity index (χ4v) is 2.26. The van der Waals surface area contributed by atoms with Crippen molar-refractivity contribution < 1.29 is 14.5 Å². The molecule has 0 saturated heterocycles. The van der Waals surface area contributed by atoms with Crippen LogP contribution >= 0.6 is 11.3 Å². The van der Waals surface area contributed by atoms with Crippen LogP contribution in [0.15, 0.2) is 18.2 Å². The molecule has 106 valence electrons. The topological polar surface area (TPSA) is 94.4 Å². The Labute approximate surface area is 118 Å². The molecule has 1 aromatic carbocycles. The van der Waals surface area contributed by atoms with Gasteiger partial charge in [0, 0.05) is 17.7 Å². The van der Waals surface area contributed by atoms with E-state index in [1.165, 1.54) is 12.1 Å². The minimum absolute atomic E-state index is 0.0477. The van der Waals surface area contributed by atoms with Crippen molar-refractivity contribution in [2.45, 2.75) is 26.3 Å². The second-order valence-electron chi connectivity index (χ2n) is 5.15. The second kappa shape index (κ2) is 5.04. The molecule has 1 N–H and O–H groups in total. The number of nitrogens with zero attached hydrogens (tertiary/aromatic N) is 2. The monoisotopic (exact) mass is 295 g/mol. The Kier molecular flexibility index (Phi) is 3.58. The molecule has 2 aromatic rings. The van der Waals surface area contributed by atoms with Gasteiger partial charge in [-0.15, -0.1) is 0 Å². The molecule has 0 saturated carbocycles. The molecule has 0 aliphatic rings. The lowest BCUT2D eigenvalue weighted by molar-refractivity contribution is -0.384. The summed E-state index contributed by atoms with van der Waals surface area (Å²) in [7, 11) is 0. The van der Waals surface area contributed by atoms with Gasteiger partial charge in [-0.2, -0.15) is 0 Å². The summed E-state index contributed by atoms with van der Waals surface area (Å²) >= 11 is 1.16. The number of nitro groups is 1. The van der Waals surface area contributed by atoms with E-state index < -0.39 is 16.6 Å². The van der Waals surface area contributed by atoms with Crippen molar-refractivity contribution in [1.82, 2.24) is 10.3 Å². The summed E-state index contributed by atoms with van der Waals surface area (Å²) in [6.07, 6.45) is -0.606. The fourth-order valence-electron chi connectivity index (χ4n) is 1.46. The summed E-state index contributed by atoms with van der Waals surface area (Å²) in [5, 5.41) is 13.5. The summed E-state index contributed by atoms with van der Waals surface area (Å²) in [5.74, 6) is 0. The first-order valence-electron chi connectivity index (χ1n) is 5.79. The van der Waals surface area contributed by atoms with Crippen LogP contribution in [0.5, 0.6) is 5.19 Å². The van der Waals surface area contributed by atoms with E-state index in [1.807, 2.05) is 20.8 Å². The molecule has 0 radical (unpaired) electrons. The molecular weight excluding hydrogens is 282 g/mol. The van der Waals surface area contributed by atoms with Crippen molar-refractivity contribution in [3.8, 4) is 5.19 Å². The van der Waals surface area contributed by atoms with Crippen LogP contribution in [0.2, 0.25) is 0 Å². The molecule has 1 heterocycles. The highest BCUT2D eigenvalue weighted by molar-refractivity contribution is 7.20. The molecule has 8 heteroatoms. The van der Waals surface area contributed by atoms with Gasteiger partial charge in [-0.25, -0.2) is 9.78 Å². The normalized spacial score (nSPS) is 11.3. The summed E-state index contributed by atoms with van der Waals surface area (Å²) < 4.78 is 5.78. The van der Waals surface area contributed by atoms with Gasteiger partial charge in [0.15, 0.2) is 0 Å². The number of non-ortho nitro benzene ring substituents is 1. The predicted octanol–water partition coefficient (Wildman–Crippen LogP) is 3.09. The second-order valence-corrected chi connectivity index (χ2v) is 6.15. The SMILES string of the molecule is CC(C)(C)NC(=O)Oc1nc2cc([N+](=O)[O-])ccc2s1. The average Bonchev–Trinajstić information content (AvgIpc) is 2.66. The van der Waals surface area contributed by atoms with Crippen molar-refractivity contribution in [3.63, 3.8) is 0 Å². The number of rotatable bonds is 2. The van der Waals surface area contributed by atoms with Gasteiger partial charge in [-0.3, -0.25) is 10.1 Å². The predicted molar refractivity (Wildman–Crippen MR) is 75.2 cm³/mol. The Morgan fingerprint density at radius 2 is 2.15 bits per heavy atom. The Morgan fingerprint density at radius 1 is 1.45 bits per heavy atom. The zero-order valence-corrected chi connectivity index (χ0v) is 12.0. The van der Waals surface area contributed by atoms with Crippen LogP contribution in [0.1, 0.15) is 20.8 Å². The largest absolute Gasteiger partial charge is 0.414 e. The van der Waals surface area contributed by atoms with E-state index in [0.29, 0.717) is 10.2 Å². The molecule has 0 spiro atoms. The van der Waals surface area contributed by atoms with Crippen LogP contribution in [0.3, 0.4) is 0 Å². The van der Waals surface area contributed by atoms with Crippen molar-refractivity contribution in [3.05, 3.63) is 28.3 Å². The number of fused-ring (bicyclic) bond motifs is 1. The smallest absolute Gasteiger partial charge is 0.381 e. The van der Waals surface area contributed by atoms with Crippen molar-refractivity contribution in [2.75, 3.05) is 0 Å². The molecule has 1 aromatic heterocycles. The third kappa shape index (κ3) is 3.41. The van der Waals surface area contributed by atoms with Gasteiger partial charge in [0.2, 0.25) is 0 Å². The maximum Gasteiger partial charge on any atom is 0.414 e. The van der Waals surface area contributed by atoms with Gasteiger partial charge in [-0.1, -0.05) is 11.3 Å². The first kappa shape index (κ1) is 14.2. The Morgan fingerprint density at radius 3 is 2.75 bits per heavy atom. The van der Waals surface area contributed by atoms with Crippen LogP contribution in [0.25, 0.3) is 10.2 Å². The highest BCUT2D eigenvalue weighted by Crippen LogP contribution is 2.30. The number of nitrogens with one attached hydrogen (secondary N) is 1. The molecule has 2 rings (SSSR count). The van der Waals surface area contributed by atoms with E-state index >= 15 is 0 Å². The third-order valence-corrected chi connectivity index (χ3v) is 3.13. The molecule has 7 nitrogen and oxygen atoms in total. The van der Waals surface area contributed by atoms with Crippen molar-refractivity contribution in [1.29, 1.82) is 0 Å². The Hall–Kier alpha value is -2.22. The molecule has 0 bridgehead atoms. The fraction of sp³-hybridized carbons (Fsp3) is 0.333. The molecule has 20 heavy (non-hydrogen) atoms. The molecule has 0 fully saturated rings. The number of nitro benzene ring substituents is 1. The first-order valence-corrected chi connectivity index (χ1v) is 6.61. The molecule has 0 aliphatic heterocycles. The van der Waals surface area contributed by atoms with Crippen molar-refractivity contribution >= 4 is 33.3 Å². The minimum Gasteiger partial charge on any atom is -0.381 e. The number of ether oxygens (including phenoxy) is 1. The van der Waals surface area contributed by atoms with Crippen LogP contribution in [-0.4, -0.2) is 21.5 Å². The van der Waals surface area contributed by atoms with E-state index in [1.54, 1.807) is 6.07 Å². The van der Waals surface area contributed by atoms with Crippen LogP contribution in [-0.2, 0) is 0 Å². The number of carbonyl (C=O) groups excluding carboxylic acids is 1. The number of benzene rings is 1. The van der Waals surface area contributed by atoms with Gasteiger partial charge in [0.25, 0.3) is 10.9 Å². The molecular formula is C12H13N3O4S. The lowest BCUT2D eigenvalue weighted by Crippen LogP contribution is -2.42. The summed E-state index contributed by atoms with van der Waals surface area (Å²) in [6, 6.07) is 4.32. The maximum absolute atomic E-state index is 11.6. The maximum atomic E-state index is 11.6. The van der Waals surface area contributed by atoms with E-state index in [2.05, 4.69) is 10.3 Å². The van der Waals surface area contributed by atoms with Gasteiger partial charge < -0.3 is 10.1 Å². The van der Waals surface area contributed by atoms with Crippen LogP contribution < -0.4 is 10.1 Å². The number of aromatic nitrogens is 1. The van der Waals surface area contributed by atoms with Gasteiger partial charge in [0.05, 0.1) is 15.1 Å².